The van der Waals surface area contributed by atoms with Crippen LogP contribution >= 0.6 is 12.2 Å². The third-order valence-electron chi connectivity index (χ3n) is 3.80. The quantitative estimate of drug-likeness (QED) is 0.736. The van der Waals surface area contributed by atoms with Crippen molar-refractivity contribution in [3.05, 3.63) is 48.3 Å². The van der Waals surface area contributed by atoms with Crippen LogP contribution in [-0.2, 0) is 0 Å². The van der Waals surface area contributed by atoms with Crippen molar-refractivity contribution < 1.29 is 9.47 Å². The van der Waals surface area contributed by atoms with Crippen LogP contribution < -0.4 is 20.1 Å². The number of ether oxygens (including phenoxy) is 2. The molecule has 134 valence electrons. The highest BCUT2D eigenvalue weighted by Crippen LogP contribution is 2.28. The van der Waals surface area contributed by atoms with Gasteiger partial charge in [0.15, 0.2) is 5.11 Å². The summed E-state index contributed by atoms with van der Waals surface area (Å²) < 4.78 is 10.6. The molecule has 0 fully saturated rings. The number of hydrogen-bond acceptors (Lipinski definition) is 5. The van der Waals surface area contributed by atoms with Crippen LogP contribution in [0.15, 0.2) is 42.7 Å². The van der Waals surface area contributed by atoms with E-state index < -0.39 is 0 Å². The van der Waals surface area contributed by atoms with Gasteiger partial charge < -0.3 is 25.0 Å². The van der Waals surface area contributed by atoms with Crippen molar-refractivity contribution in [2.75, 3.05) is 40.2 Å². The molecule has 2 aromatic rings. The molecule has 25 heavy (non-hydrogen) atoms. The molecule has 0 aliphatic heterocycles. The lowest BCUT2D eigenvalue weighted by Crippen LogP contribution is -2.36. The Kier molecular flexibility index (Phi) is 6.97. The Balaban J connectivity index is 2.02. The van der Waals surface area contributed by atoms with E-state index in [1.807, 2.05) is 44.6 Å². The Morgan fingerprint density at radius 2 is 2.04 bits per heavy atom. The van der Waals surface area contributed by atoms with E-state index in [9.17, 15) is 0 Å². The van der Waals surface area contributed by atoms with Crippen molar-refractivity contribution in [1.29, 1.82) is 0 Å². The highest BCUT2D eigenvalue weighted by Gasteiger charge is 2.15. The number of anilines is 1. The van der Waals surface area contributed by atoms with Crippen LogP contribution in [0.2, 0.25) is 0 Å². The molecule has 2 rings (SSSR count). The van der Waals surface area contributed by atoms with E-state index in [1.165, 1.54) is 0 Å². The Morgan fingerprint density at radius 3 is 2.64 bits per heavy atom. The van der Waals surface area contributed by atoms with Gasteiger partial charge in [0, 0.05) is 25.0 Å². The van der Waals surface area contributed by atoms with Crippen LogP contribution in [0.3, 0.4) is 0 Å². The molecule has 2 N–H and O–H groups in total. The summed E-state index contributed by atoms with van der Waals surface area (Å²) in [6.07, 6.45) is 3.64. The summed E-state index contributed by atoms with van der Waals surface area (Å²) in [5.41, 5.74) is 1.88. The third kappa shape index (κ3) is 5.30. The molecule has 0 bridgehead atoms. The van der Waals surface area contributed by atoms with Gasteiger partial charge in [0.2, 0.25) is 0 Å². The Morgan fingerprint density at radius 1 is 1.24 bits per heavy atom. The van der Waals surface area contributed by atoms with Gasteiger partial charge in [-0.3, -0.25) is 4.98 Å². The van der Waals surface area contributed by atoms with Gasteiger partial charge in [-0.1, -0.05) is 6.07 Å². The van der Waals surface area contributed by atoms with Gasteiger partial charge in [0.1, 0.15) is 11.5 Å². The average Bonchev–Trinajstić information content (AvgIpc) is 2.62. The number of pyridine rings is 1. The first-order chi connectivity index (χ1) is 12.0. The molecule has 0 saturated heterocycles. The van der Waals surface area contributed by atoms with Crippen molar-refractivity contribution in [3.63, 3.8) is 0 Å². The number of nitrogens with one attached hydrogen (secondary N) is 2. The van der Waals surface area contributed by atoms with Crippen molar-refractivity contribution in [2.24, 2.45) is 0 Å². The van der Waals surface area contributed by atoms with E-state index in [2.05, 4.69) is 26.6 Å². The molecule has 0 aliphatic rings. The highest BCUT2D eigenvalue weighted by molar-refractivity contribution is 7.80. The van der Waals surface area contributed by atoms with Crippen molar-refractivity contribution in [3.8, 4) is 11.5 Å². The van der Waals surface area contributed by atoms with Gasteiger partial charge >= 0.3 is 0 Å². The van der Waals surface area contributed by atoms with Gasteiger partial charge in [-0.05, 0) is 50.1 Å². The van der Waals surface area contributed by atoms with E-state index in [0.717, 1.165) is 17.0 Å². The lowest BCUT2D eigenvalue weighted by molar-refractivity contribution is 0.298. The van der Waals surface area contributed by atoms with Gasteiger partial charge in [-0.25, -0.2) is 0 Å². The van der Waals surface area contributed by atoms with Gasteiger partial charge in [-0.15, -0.1) is 0 Å². The van der Waals surface area contributed by atoms with E-state index in [0.29, 0.717) is 17.4 Å². The summed E-state index contributed by atoms with van der Waals surface area (Å²) in [6, 6.07) is 9.66. The largest absolute Gasteiger partial charge is 0.497 e. The second-order valence-corrected chi connectivity index (χ2v) is 6.08. The van der Waals surface area contributed by atoms with E-state index in [4.69, 9.17) is 21.7 Å². The van der Waals surface area contributed by atoms with E-state index in [1.54, 1.807) is 20.4 Å². The molecule has 1 heterocycles. The monoisotopic (exact) mass is 360 g/mol. The number of hydrogen-bond donors (Lipinski definition) is 2. The van der Waals surface area contributed by atoms with Gasteiger partial charge in [0.05, 0.1) is 25.9 Å². The molecule has 1 aromatic carbocycles. The summed E-state index contributed by atoms with van der Waals surface area (Å²) in [5, 5.41) is 6.93. The number of likely N-dealkylation sites (N-methyl/N-ethyl adjacent to an activating group) is 1. The molecule has 1 aromatic heterocycles. The van der Waals surface area contributed by atoms with Crippen LogP contribution in [0.4, 0.5) is 5.69 Å². The fraction of sp³-hybridized carbons (Fsp3) is 0.333. The third-order valence-corrected chi connectivity index (χ3v) is 4.05. The minimum atomic E-state index is 0.153. The molecule has 0 spiro atoms. The molecule has 0 radical (unpaired) electrons. The highest BCUT2D eigenvalue weighted by atomic mass is 32.1. The summed E-state index contributed by atoms with van der Waals surface area (Å²) in [5.74, 6) is 1.42. The first-order valence-corrected chi connectivity index (χ1v) is 8.29. The molecule has 0 amide bonds. The Labute approximate surface area is 154 Å². The lowest BCUT2D eigenvalue weighted by Gasteiger charge is -2.25. The molecular formula is C18H24N4O2S. The van der Waals surface area contributed by atoms with Gasteiger partial charge in [-0.2, -0.15) is 0 Å². The fourth-order valence-electron chi connectivity index (χ4n) is 2.44. The normalized spacial score (nSPS) is 11.7. The molecule has 1 atom stereocenters. The zero-order valence-corrected chi connectivity index (χ0v) is 15.8. The van der Waals surface area contributed by atoms with Crippen LogP contribution in [-0.4, -0.2) is 49.9 Å². The minimum Gasteiger partial charge on any atom is -0.497 e. The first-order valence-electron chi connectivity index (χ1n) is 7.88. The molecular weight excluding hydrogens is 336 g/mol. The van der Waals surface area contributed by atoms with Crippen LogP contribution in [0, 0.1) is 0 Å². The first kappa shape index (κ1) is 19.0. The summed E-state index contributed by atoms with van der Waals surface area (Å²) in [7, 11) is 7.30. The summed E-state index contributed by atoms with van der Waals surface area (Å²) >= 11 is 5.43. The molecule has 1 unspecified atom stereocenters. The van der Waals surface area contributed by atoms with Crippen LogP contribution in [0.5, 0.6) is 11.5 Å². The number of methoxy groups -OCH3 is 2. The molecule has 7 heteroatoms. The predicted molar refractivity (Wildman–Crippen MR) is 104 cm³/mol. The Hall–Kier alpha value is -2.38. The minimum absolute atomic E-state index is 0.153. The van der Waals surface area contributed by atoms with Crippen molar-refractivity contribution in [2.45, 2.75) is 6.04 Å². The number of thiocarbonyl (C=S) groups is 1. The van der Waals surface area contributed by atoms with Crippen LogP contribution in [0.25, 0.3) is 0 Å². The number of nitrogens with zero attached hydrogens (tertiary/aromatic N) is 2. The molecule has 0 aliphatic carbocycles. The second-order valence-electron chi connectivity index (χ2n) is 5.67. The maximum absolute atomic E-state index is 5.43. The smallest absolute Gasteiger partial charge is 0.170 e. The maximum atomic E-state index is 5.43. The van der Waals surface area contributed by atoms with E-state index >= 15 is 0 Å². The number of rotatable bonds is 7. The molecule has 0 saturated carbocycles. The number of aromatic nitrogens is 1. The topological polar surface area (TPSA) is 58.7 Å². The second kappa shape index (κ2) is 9.19. The zero-order valence-electron chi connectivity index (χ0n) is 14.9. The van der Waals surface area contributed by atoms with E-state index in [-0.39, 0.29) is 6.04 Å². The number of benzene rings is 1. The van der Waals surface area contributed by atoms with Gasteiger partial charge in [0.25, 0.3) is 0 Å². The summed E-state index contributed by atoms with van der Waals surface area (Å²) in [4.78, 5) is 6.32. The maximum Gasteiger partial charge on any atom is 0.170 e. The molecule has 6 nitrogen and oxygen atoms in total. The average molecular weight is 360 g/mol. The Bertz CT molecular complexity index is 695. The fourth-order valence-corrected chi connectivity index (χ4v) is 2.63. The standard InChI is InChI=1S/C18H24N4O2S/c1-22(2)16(13-6-5-9-19-11-13)12-20-18(25)21-15-10-14(23-3)7-8-17(15)24-4/h5-11,16H,12H2,1-4H3,(H2,20,21,25). The van der Waals surface area contributed by atoms with Crippen molar-refractivity contribution >= 4 is 23.0 Å². The van der Waals surface area contributed by atoms with Crippen LogP contribution in [0.1, 0.15) is 11.6 Å². The predicted octanol–water partition coefficient (Wildman–Crippen LogP) is 2.69. The van der Waals surface area contributed by atoms with Crippen molar-refractivity contribution in [1.82, 2.24) is 15.2 Å². The SMILES string of the molecule is COc1ccc(OC)c(NC(=S)NCC(c2cccnc2)N(C)C)c1. The lowest BCUT2D eigenvalue weighted by atomic mass is 10.1. The summed E-state index contributed by atoms with van der Waals surface area (Å²) in [6.45, 7) is 0.650. The zero-order chi connectivity index (χ0) is 18.2.